The third-order valence-corrected chi connectivity index (χ3v) is 5.80. The van der Waals surface area contributed by atoms with Gasteiger partial charge in [-0.1, -0.05) is 6.92 Å². The lowest BCUT2D eigenvalue weighted by Crippen LogP contribution is -2.50. The zero-order chi connectivity index (χ0) is 23.4. The van der Waals surface area contributed by atoms with Gasteiger partial charge in [-0.3, -0.25) is 4.79 Å². The van der Waals surface area contributed by atoms with E-state index in [0.717, 1.165) is 30.5 Å². The van der Waals surface area contributed by atoms with Crippen LogP contribution in [0.5, 0.6) is 5.75 Å². The Labute approximate surface area is 188 Å². The molecule has 1 saturated carbocycles. The third-order valence-electron chi connectivity index (χ3n) is 5.20. The number of hydrogen-bond acceptors (Lipinski definition) is 5. The number of ether oxygens (including phenoxy) is 2. The number of carbonyl (C=O) groups excluding carboxylic acids is 1. The van der Waals surface area contributed by atoms with E-state index in [0.29, 0.717) is 5.90 Å². The molecule has 172 valence electrons. The lowest BCUT2D eigenvalue weighted by atomic mass is 9.88. The van der Waals surface area contributed by atoms with Crippen LogP contribution in [0.3, 0.4) is 0 Å². The Morgan fingerprint density at radius 3 is 2.52 bits per heavy atom. The van der Waals surface area contributed by atoms with Crippen molar-refractivity contribution in [3.8, 4) is 5.75 Å². The van der Waals surface area contributed by atoms with Crippen molar-refractivity contribution >= 4 is 27.7 Å². The van der Waals surface area contributed by atoms with Crippen molar-refractivity contribution < 1.29 is 27.4 Å². The van der Waals surface area contributed by atoms with Crippen molar-refractivity contribution in [3.63, 3.8) is 0 Å². The van der Waals surface area contributed by atoms with Crippen molar-refractivity contribution in [2.75, 3.05) is 13.7 Å². The number of halogens is 4. The van der Waals surface area contributed by atoms with Gasteiger partial charge in [-0.05, 0) is 60.5 Å². The highest BCUT2D eigenvalue weighted by Crippen LogP contribution is 2.45. The molecule has 1 heterocycles. The molecule has 1 aliphatic rings. The number of rotatable bonds is 8. The van der Waals surface area contributed by atoms with E-state index in [1.54, 1.807) is 6.92 Å². The number of amides is 1. The molecule has 1 atom stereocenters. The van der Waals surface area contributed by atoms with Crippen LogP contribution in [0.4, 0.5) is 13.2 Å². The summed E-state index contributed by atoms with van der Waals surface area (Å²) in [5, 5.41) is 3.02. The van der Waals surface area contributed by atoms with Crippen LogP contribution >= 0.6 is 15.9 Å². The molecule has 1 fully saturated rings. The van der Waals surface area contributed by atoms with Crippen LogP contribution in [-0.4, -0.2) is 42.2 Å². The molecule has 1 unspecified atom stereocenters. The van der Waals surface area contributed by atoms with Crippen LogP contribution in [0.25, 0.3) is 0 Å². The van der Waals surface area contributed by atoms with Gasteiger partial charge in [0.25, 0.3) is 5.91 Å². The Morgan fingerprint density at radius 1 is 1.35 bits per heavy atom. The fourth-order valence-corrected chi connectivity index (χ4v) is 3.49. The zero-order valence-corrected chi connectivity index (χ0v) is 19.8. The van der Waals surface area contributed by atoms with Crippen LogP contribution < -0.4 is 10.1 Å². The van der Waals surface area contributed by atoms with E-state index in [1.165, 1.54) is 19.4 Å². The van der Waals surface area contributed by atoms with Crippen molar-refractivity contribution in [1.82, 2.24) is 10.3 Å². The second kappa shape index (κ2) is 10.0. The van der Waals surface area contributed by atoms with Crippen molar-refractivity contribution in [3.05, 3.63) is 33.7 Å². The minimum absolute atomic E-state index is 0.0480. The molecule has 0 bridgehead atoms. The topological polar surface area (TPSA) is 72.8 Å². The molecule has 0 aliphatic heterocycles. The number of hydrogen-bond donors (Lipinski definition) is 1. The minimum Gasteiger partial charge on any atom is -0.484 e. The number of carbonyl (C=O) groups is 1. The smallest absolute Gasteiger partial charge is 0.422 e. The van der Waals surface area contributed by atoms with Gasteiger partial charge < -0.3 is 14.8 Å². The van der Waals surface area contributed by atoms with Crippen molar-refractivity contribution in [1.29, 1.82) is 0 Å². The Balaban J connectivity index is 2.36. The number of methoxy groups -OCH3 is 1. The van der Waals surface area contributed by atoms with Gasteiger partial charge >= 0.3 is 6.18 Å². The van der Waals surface area contributed by atoms with E-state index in [2.05, 4.69) is 31.2 Å². The molecule has 31 heavy (non-hydrogen) atoms. The summed E-state index contributed by atoms with van der Waals surface area (Å²) in [5.41, 5.74) is 0.895. The van der Waals surface area contributed by atoms with Crippen molar-refractivity contribution in [2.45, 2.75) is 58.7 Å². The number of aromatic nitrogens is 1. The molecule has 0 radical (unpaired) electrons. The Kier molecular flexibility index (Phi) is 8.13. The second-order valence-corrected chi connectivity index (χ2v) is 8.51. The lowest BCUT2D eigenvalue weighted by Gasteiger charge is -2.33. The molecular formula is C21H27BrF3N3O3. The number of nitrogens with zero attached hydrogens (tertiary/aromatic N) is 2. The van der Waals surface area contributed by atoms with E-state index in [1.807, 2.05) is 20.8 Å². The quantitative estimate of drug-likeness (QED) is 0.377. The summed E-state index contributed by atoms with van der Waals surface area (Å²) in [6.45, 7) is 6.13. The summed E-state index contributed by atoms with van der Waals surface area (Å²) in [5.74, 6) is 0.0102. The number of nitrogens with one attached hydrogen (secondary N) is 1. The predicted molar refractivity (Wildman–Crippen MR) is 115 cm³/mol. The van der Waals surface area contributed by atoms with Gasteiger partial charge in [0, 0.05) is 19.2 Å². The Morgan fingerprint density at radius 2 is 2.00 bits per heavy atom. The first-order chi connectivity index (χ1) is 14.4. The summed E-state index contributed by atoms with van der Waals surface area (Å²) in [6.07, 6.45) is -0.667. The SMILES string of the molecule is CC/C(C)=C(/N=C(C)OC)C(C)(NC(=O)c1cc(OCC(F)(F)F)c(Br)cn1)C1CC1. The number of aliphatic imine (C=N–C) groups is 1. The van der Waals surface area contributed by atoms with Gasteiger partial charge in [0.2, 0.25) is 0 Å². The van der Waals surface area contributed by atoms with E-state index in [9.17, 15) is 18.0 Å². The average Bonchev–Trinajstić information content (AvgIpc) is 3.55. The van der Waals surface area contributed by atoms with Crippen molar-refractivity contribution in [2.24, 2.45) is 10.9 Å². The highest BCUT2D eigenvalue weighted by atomic mass is 79.9. The maximum atomic E-state index is 13.1. The van der Waals surface area contributed by atoms with Gasteiger partial charge in [-0.2, -0.15) is 13.2 Å². The minimum atomic E-state index is -4.50. The zero-order valence-electron chi connectivity index (χ0n) is 18.2. The van der Waals surface area contributed by atoms with Crippen LogP contribution in [0, 0.1) is 5.92 Å². The normalized spacial score (nSPS) is 17.5. The molecule has 1 amide bonds. The molecule has 1 aromatic heterocycles. The molecule has 1 aliphatic carbocycles. The van der Waals surface area contributed by atoms with E-state index in [-0.39, 0.29) is 21.8 Å². The van der Waals surface area contributed by atoms with Gasteiger partial charge in [0.1, 0.15) is 11.4 Å². The summed E-state index contributed by atoms with van der Waals surface area (Å²) in [4.78, 5) is 21.7. The highest BCUT2D eigenvalue weighted by molar-refractivity contribution is 9.10. The van der Waals surface area contributed by atoms with E-state index >= 15 is 0 Å². The number of alkyl halides is 3. The van der Waals surface area contributed by atoms with E-state index < -0.39 is 24.2 Å². The number of allylic oxidation sites excluding steroid dienone is 1. The molecule has 2 rings (SSSR count). The molecule has 1 aromatic rings. The van der Waals surface area contributed by atoms with Gasteiger partial charge in [0.15, 0.2) is 12.5 Å². The summed E-state index contributed by atoms with van der Waals surface area (Å²) in [7, 11) is 1.53. The fraction of sp³-hybridized carbons (Fsp3) is 0.571. The average molecular weight is 506 g/mol. The molecule has 1 N–H and O–H groups in total. The summed E-state index contributed by atoms with van der Waals surface area (Å²) >= 11 is 3.10. The molecule has 0 spiro atoms. The molecule has 0 aromatic carbocycles. The van der Waals surface area contributed by atoms with Crippen LogP contribution in [0.2, 0.25) is 0 Å². The molecular weight excluding hydrogens is 479 g/mol. The standard InChI is InChI=1S/C21H27BrF3N3O3/c1-6-12(2)18(27-13(3)30-5)20(4,14-7-8-14)28-19(29)16-9-17(15(22)10-26-16)31-11-21(23,24)25/h9-10,14H,6-8,11H2,1-5H3,(H,28,29)/b18-12+,27-13?. The first-order valence-corrected chi connectivity index (χ1v) is 10.7. The second-order valence-electron chi connectivity index (χ2n) is 7.65. The monoisotopic (exact) mass is 505 g/mol. The van der Waals surface area contributed by atoms with Gasteiger partial charge in [0.05, 0.1) is 22.8 Å². The third kappa shape index (κ3) is 6.69. The summed E-state index contributed by atoms with van der Waals surface area (Å²) < 4.78 is 47.8. The van der Waals surface area contributed by atoms with Gasteiger partial charge in [-0.25, -0.2) is 9.98 Å². The van der Waals surface area contributed by atoms with Crippen LogP contribution in [0.15, 0.2) is 33.0 Å². The molecule has 6 nitrogen and oxygen atoms in total. The first-order valence-electron chi connectivity index (χ1n) is 9.88. The fourth-order valence-electron chi connectivity index (χ4n) is 3.16. The largest absolute Gasteiger partial charge is 0.484 e. The molecule has 10 heteroatoms. The lowest BCUT2D eigenvalue weighted by molar-refractivity contribution is -0.153. The van der Waals surface area contributed by atoms with Crippen LogP contribution in [0.1, 0.15) is 57.4 Å². The Hall–Kier alpha value is -2.10. The van der Waals surface area contributed by atoms with Gasteiger partial charge in [-0.15, -0.1) is 0 Å². The molecule has 0 saturated heterocycles. The number of pyridine rings is 1. The maximum absolute atomic E-state index is 13.1. The summed E-state index contributed by atoms with van der Waals surface area (Å²) in [6, 6.07) is 1.19. The highest BCUT2D eigenvalue weighted by Gasteiger charge is 2.46. The van der Waals surface area contributed by atoms with Crippen LogP contribution in [-0.2, 0) is 4.74 Å². The first kappa shape index (κ1) is 25.2. The maximum Gasteiger partial charge on any atom is 0.422 e. The predicted octanol–water partition coefficient (Wildman–Crippen LogP) is 5.43. The van der Waals surface area contributed by atoms with E-state index in [4.69, 9.17) is 9.47 Å². The Bertz CT molecular complexity index is 882.